The van der Waals surface area contributed by atoms with E-state index >= 15 is 0 Å². The van der Waals surface area contributed by atoms with Crippen molar-refractivity contribution in [2.24, 2.45) is 0 Å². The van der Waals surface area contributed by atoms with Crippen LogP contribution in [0.25, 0.3) is 17.4 Å². The van der Waals surface area contributed by atoms with Gasteiger partial charge in [-0.2, -0.15) is 0 Å². The highest BCUT2D eigenvalue weighted by Crippen LogP contribution is 2.24. The average Bonchev–Trinajstić information content (AvgIpc) is 2.96. The number of carboxylic acid groups (broad SMARTS) is 1. The van der Waals surface area contributed by atoms with Gasteiger partial charge in [-0.25, -0.2) is 9.59 Å². The van der Waals surface area contributed by atoms with Crippen molar-refractivity contribution in [2.45, 2.75) is 13.8 Å². The zero-order valence-electron chi connectivity index (χ0n) is 12.3. The minimum absolute atomic E-state index is 0.193. The van der Waals surface area contributed by atoms with E-state index in [9.17, 15) is 9.59 Å². The monoisotopic (exact) mass is 300 g/mol. The molecule has 22 heavy (non-hydrogen) atoms. The van der Waals surface area contributed by atoms with E-state index < -0.39 is 5.97 Å². The lowest BCUT2D eigenvalue weighted by Gasteiger charge is -2.02. The number of aliphatic carboxylic acids is 1. The topological polar surface area (TPSA) is 76.7 Å². The number of carboxylic acids is 1. The molecular formula is C17H16O5. The van der Waals surface area contributed by atoms with Crippen LogP contribution >= 0.6 is 0 Å². The molecule has 0 bridgehead atoms. The minimum atomic E-state index is -0.989. The van der Waals surface area contributed by atoms with E-state index in [-0.39, 0.29) is 11.5 Å². The molecule has 0 fully saturated rings. The Bertz CT molecular complexity index is 707. The van der Waals surface area contributed by atoms with E-state index in [2.05, 4.69) is 0 Å². The highest BCUT2D eigenvalue weighted by Gasteiger charge is 2.09. The molecule has 0 amide bonds. The largest absolute Gasteiger partial charge is 0.478 e. The van der Waals surface area contributed by atoms with Gasteiger partial charge in [0.25, 0.3) is 0 Å². The van der Waals surface area contributed by atoms with Crippen LogP contribution in [0.4, 0.5) is 0 Å². The van der Waals surface area contributed by atoms with Crippen LogP contribution in [0.15, 0.2) is 46.4 Å². The van der Waals surface area contributed by atoms with Gasteiger partial charge in [-0.05, 0) is 44.2 Å². The highest BCUT2D eigenvalue weighted by atomic mass is 16.5. The van der Waals surface area contributed by atoms with Gasteiger partial charge >= 0.3 is 11.9 Å². The number of carbonyl (C=O) groups excluding carboxylic acids is 1. The fourth-order valence-corrected chi connectivity index (χ4v) is 1.85. The van der Waals surface area contributed by atoms with E-state index in [0.717, 1.165) is 5.56 Å². The maximum absolute atomic E-state index is 11.6. The zero-order chi connectivity index (χ0) is 16.1. The van der Waals surface area contributed by atoms with Gasteiger partial charge < -0.3 is 14.3 Å². The number of benzene rings is 1. The molecule has 0 saturated heterocycles. The highest BCUT2D eigenvalue weighted by molar-refractivity contribution is 5.91. The molecule has 0 unspecified atom stereocenters. The van der Waals surface area contributed by atoms with Crippen LogP contribution in [0.2, 0.25) is 0 Å². The molecule has 1 heterocycles. The second-order valence-corrected chi connectivity index (χ2v) is 4.63. The first-order valence-electron chi connectivity index (χ1n) is 6.80. The third kappa shape index (κ3) is 3.63. The van der Waals surface area contributed by atoms with E-state index in [4.69, 9.17) is 14.3 Å². The molecule has 1 aromatic heterocycles. The number of ether oxygens (including phenoxy) is 1. The lowest BCUT2D eigenvalue weighted by Crippen LogP contribution is -2.03. The van der Waals surface area contributed by atoms with Gasteiger partial charge in [-0.15, -0.1) is 0 Å². The van der Waals surface area contributed by atoms with Crippen LogP contribution in [0.1, 0.15) is 30.0 Å². The van der Waals surface area contributed by atoms with Crippen molar-refractivity contribution >= 4 is 18.0 Å². The van der Waals surface area contributed by atoms with Crippen molar-refractivity contribution in [3.8, 4) is 11.3 Å². The van der Waals surface area contributed by atoms with Crippen molar-refractivity contribution in [3.05, 3.63) is 53.3 Å². The van der Waals surface area contributed by atoms with Crippen LogP contribution in [0, 0.1) is 0 Å². The van der Waals surface area contributed by atoms with Crippen LogP contribution in [-0.4, -0.2) is 23.7 Å². The summed E-state index contributed by atoms with van der Waals surface area (Å²) < 4.78 is 10.5. The molecule has 0 spiro atoms. The van der Waals surface area contributed by atoms with Gasteiger partial charge in [0.1, 0.15) is 11.5 Å². The summed E-state index contributed by atoms with van der Waals surface area (Å²) in [4.78, 5) is 22.4. The maximum Gasteiger partial charge on any atom is 0.338 e. The van der Waals surface area contributed by atoms with Crippen molar-refractivity contribution in [3.63, 3.8) is 0 Å². The molecule has 0 aliphatic rings. The number of esters is 1. The van der Waals surface area contributed by atoms with Gasteiger partial charge in [-0.3, -0.25) is 0 Å². The first-order chi connectivity index (χ1) is 10.5. The van der Waals surface area contributed by atoms with Crippen molar-refractivity contribution in [2.75, 3.05) is 6.61 Å². The van der Waals surface area contributed by atoms with Crippen molar-refractivity contribution in [1.82, 2.24) is 0 Å². The van der Waals surface area contributed by atoms with Gasteiger partial charge in [0.05, 0.1) is 12.2 Å². The fourth-order valence-electron chi connectivity index (χ4n) is 1.85. The number of hydrogen-bond acceptors (Lipinski definition) is 4. The van der Waals surface area contributed by atoms with Crippen molar-refractivity contribution < 1.29 is 23.8 Å². The lowest BCUT2D eigenvalue weighted by atomic mass is 10.1. The summed E-state index contributed by atoms with van der Waals surface area (Å²) in [7, 11) is 0. The van der Waals surface area contributed by atoms with E-state index in [1.54, 1.807) is 43.3 Å². The summed E-state index contributed by atoms with van der Waals surface area (Å²) in [5.74, 6) is -0.296. The Morgan fingerprint density at radius 2 is 1.86 bits per heavy atom. The van der Waals surface area contributed by atoms with Crippen LogP contribution in [-0.2, 0) is 9.53 Å². The predicted octanol–water partition coefficient (Wildman–Crippen LogP) is 3.61. The van der Waals surface area contributed by atoms with Crippen LogP contribution in [0.3, 0.4) is 0 Å². The Morgan fingerprint density at radius 1 is 1.18 bits per heavy atom. The van der Waals surface area contributed by atoms with E-state index in [0.29, 0.717) is 23.7 Å². The Labute approximate surface area is 127 Å². The third-order valence-corrected chi connectivity index (χ3v) is 3.00. The summed E-state index contributed by atoms with van der Waals surface area (Å²) in [6.07, 6.45) is 1.46. The first-order valence-corrected chi connectivity index (χ1v) is 6.80. The summed E-state index contributed by atoms with van der Waals surface area (Å²) in [6.45, 7) is 3.58. The Kier molecular flexibility index (Phi) is 4.78. The maximum atomic E-state index is 11.6. The standard InChI is InChI=1S/C17H16O5/c1-3-21-17(20)13-6-4-12(5-7-13)15-9-8-14(22-15)10-11(2)16(18)19/h4-10H,3H2,1-2H3,(H,18,19)/b11-10+. The van der Waals surface area contributed by atoms with Crippen LogP contribution < -0.4 is 0 Å². The fraction of sp³-hybridized carbons (Fsp3) is 0.176. The molecule has 0 aliphatic carbocycles. The molecule has 0 atom stereocenters. The molecule has 2 aromatic rings. The molecule has 0 saturated carbocycles. The summed E-state index contributed by atoms with van der Waals surface area (Å²) in [5, 5.41) is 8.84. The first kappa shape index (κ1) is 15.6. The van der Waals surface area contributed by atoms with Crippen molar-refractivity contribution in [1.29, 1.82) is 0 Å². The predicted molar refractivity (Wildman–Crippen MR) is 81.4 cm³/mol. The SMILES string of the molecule is CCOC(=O)c1ccc(-c2ccc(/C=C(\C)C(=O)O)o2)cc1. The number of carbonyl (C=O) groups is 2. The van der Waals surface area contributed by atoms with Crippen LogP contribution in [0.5, 0.6) is 0 Å². The number of hydrogen-bond donors (Lipinski definition) is 1. The number of furan rings is 1. The lowest BCUT2D eigenvalue weighted by molar-refractivity contribution is -0.132. The second kappa shape index (κ2) is 6.76. The minimum Gasteiger partial charge on any atom is -0.478 e. The second-order valence-electron chi connectivity index (χ2n) is 4.63. The smallest absolute Gasteiger partial charge is 0.338 e. The Morgan fingerprint density at radius 3 is 2.45 bits per heavy atom. The summed E-state index contributed by atoms with van der Waals surface area (Å²) in [6, 6.07) is 10.3. The summed E-state index contributed by atoms with van der Waals surface area (Å²) >= 11 is 0. The molecule has 0 radical (unpaired) electrons. The molecular weight excluding hydrogens is 284 g/mol. The molecule has 0 aliphatic heterocycles. The summed E-state index contributed by atoms with van der Waals surface area (Å²) in [5.41, 5.74) is 1.46. The van der Waals surface area contributed by atoms with E-state index in [1.165, 1.54) is 13.0 Å². The molecule has 5 heteroatoms. The van der Waals surface area contributed by atoms with Gasteiger partial charge in [0.2, 0.25) is 0 Å². The third-order valence-electron chi connectivity index (χ3n) is 3.00. The molecule has 5 nitrogen and oxygen atoms in total. The van der Waals surface area contributed by atoms with Gasteiger partial charge in [-0.1, -0.05) is 12.1 Å². The zero-order valence-corrected chi connectivity index (χ0v) is 12.3. The molecule has 114 valence electrons. The molecule has 1 aromatic carbocycles. The quantitative estimate of drug-likeness (QED) is 0.674. The Hall–Kier alpha value is -2.82. The average molecular weight is 300 g/mol. The number of rotatable bonds is 5. The molecule has 1 N–H and O–H groups in total. The Balaban J connectivity index is 2.19. The molecule has 2 rings (SSSR count). The van der Waals surface area contributed by atoms with E-state index in [1.807, 2.05) is 0 Å². The van der Waals surface area contributed by atoms with Gasteiger partial charge in [0, 0.05) is 11.1 Å². The van der Waals surface area contributed by atoms with Gasteiger partial charge in [0.15, 0.2) is 0 Å². The normalized spacial score (nSPS) is 11.3.